The summed E-state index contributed by atoms with van der Waals surface area (Å²) in [5.41, 5.74) is -0.746. The number of phenolic OH excluding ortho intramolecular Hbond substituents is 1. The van der Waals surface area contributed by atoms with Gasteiger partial charge in [0.1, 0.15) is 12.2 Å². The second-order valence-corrected chi connectivity index (χ2v) is 5.03. The van der Waals surface area contributed by atoms with Crippen molar-refractivity contribution in [2.45, 2.75) is 6.92 Å². The number of esters is 1. The zero-order valence-corrected chi connectivity index (χ0v) is 13.8. The highest BCUT2D eigenvalue weighted by Gasteiger charge is 2.35. The molecule has 1 fully saturated rings. The molecule has 1 heterocycles. The molecule has 2 rings (SSSR count). The fourth-order valence-electron chi connectivity index (χ4n) is 2.16. The summed E-state index contributed by atoms with van der Waals surface area (Å²) in [7, 11) is 1.11. The van der Waals surface area contributed by atoms with Crippen LogP contribution < -0.4 is 10.1 Å². The molecule has 0 atom stereocenters. The first-order chi connectivity index (χ1) is 12.3. The lowest BCUT2D eigenvalue weighted by Crippen LogP contribution is -2.36. The number of ether oxygens (including phenoxy) is 2. The fourth-order valence-corrected chi connectivity index (χ4v) is 2.16. The van der Waals surface area contributed by atoms with E-state index in [9.17, 15) is 29.6 Å². The van der Waals surface area contributed by atoms with Crippen molar-refractivity contribution in [2.24, 2.45) is 0 Å². The molecule has 1 aromatic carbocycles. The van der Waals surface area contributed by atoms with Crippen molar-refractivity contribution in [1.29, 1.82) is 0 Å². The summed E-state index contributed by atoms with van der Waals surface area (Å²) in [4.78, 5) is 46.3. The van der Waals surface area contributed by atoms with Gasteiger partial charge in [0.2, 0.25) is 0 Å². The first-order valence-corrected chi connectivity index (χ1v) is 7.34. The quantitative estimate of drug-likeness (QED) is 0.247. The first kappa shape index (κ1) is 18.7. The Bertz CT molecular complexity index is 817. The Morgan fingerprint density at radius 3 is 2.69 bits per heavy atom. The smallest absolute Gasteiger partial charge is 0.329 e. The Labute approximate surface area is 146 Å². The summed E-state index contributed by atoms with van der Waals surface area (Å²) < 4.78 is 9.54. The molecule has 2 N–H and O–H groups in total. The number of nitrogens with zero attached hydrogens (tertiary/aromatic N) is 2. The molecule has 138 valence electrons. The molecule has 1 aliphatic rings. The summed E-state index contributed by atoms with van der Waals surface area (Å²) in [6.45, 7) is 1.18. The Kier molecular flexibility index (Phi) is 5.40. The van der Waals surface area contributed by atoms with Crippen LogP contribution in [0.5, 0.6) is 11.5 Å². The number of urea groups is 1. The van der Waals surface area contributed by atoms with E-state index >= 15 is 0 Å². The molecule has 0 bridgehead atoms. The molecular formula is C15H15N3O8. The summed E-state index contributed by atoms with van der Waals surface area (Å²) in [5.74, 6) is -2.22. The van der Waals surface area contributed by atoms with Gasteiger partial charge in [-0.15, -0.1) is 0 Å². The van der Waals surface area contributed by atoms with Crippen molar-refractivity contribution in [3.8, 4) is 11.5 Å². The average molecular weight is 365 g/mol. The van der Waals surface area contributed by atoms with E-state index in [1.54, 1.807) is 6.92 Å². The molecule has 0 radical (unpaired) electrons. The van der Waals surface area contributed by atoms with Crippen LogP contribution in [0.25, 0.3) is 6.08 Å². The molecule has 3 amide bonds. The molecule has 26 heavy (non-hydrogen) atoms. The molecule has 0 saturated carbocycles. The van der Waals surface area contributed by atoms with Gasteiger partial charge < -0.3 is 19.9 Å². The average Bonchev–Trinajstić information content (AvgIpc) is 2.85. The van der Waals surface area contributed by atoms with Crippen molar-refractivity contribution >= 4 is 29.7 Å². The fraction of sp³-hybridized carbons (Fsp3) is 0.267. The van der Waals surface area contributed by atoms with Gasteiger partial charge in [-0.2, -0.15) is 0 Å². The number of carbonyl (C=O) groups excluding carboxylic acids is 3. The normalized spacial score (nSPS) is 15.2. The number of imide groups is 1. The van der Waals surface area contributed by atoms with Gasteiger partial charge in [-0.1, -0.05) is 0 Å². The maximum absolute atomic E-state index is 12.2. The number of benzene rings is 1. The molecule has 1 saturated heterocycles. The largest absolute Gasteiger partial charge is 0.504 e. The Morgan fingerprint density at radius 1 is 1.42 bits per heavy atom. The molecular weight excluding hydrogens is 350 g/mol. The molecule has 0 aliphatic carbocycles. The summed E-state index contributed by atoms with van der Waals surface area (Å²) in [6, 6.07) is 1.20. The standard InChI is InChI=1S/C15H15N3O8/c1-3-26-11-6-9(18(23)24)4-8(13(11)20)5-10-14(21)17(15(22)16-10)7-12(19)25-2/h4-6,20H,3,7H2,1-2H3,(H,16,22)/b10-5+. The van der Waals surface area contributed by atoms with Crippen LogP contribution in [0.3, 0.4) is 0 Å². The van der Waals surface area contributed by atoms with Gasteiger partial charge in [0.05, 0.1) is 24.7 Å². The highest BCUT2D eigenvalue weighted by atomic mass is 16.6. The number of rotatable bonds is 6. The Balaban J connectivity index is 2.42. The topological polar surface area (TPSA) is 148 Å². The number of nitrogens with one attached hydrogen (secondary N) is 1. The highest BCUT2D eigenvalue weighted by Crippen LogP contribution is 2.36. The van der Waals surface area contributed by atoms with E-state index in [0.29, 0.717) is 4.90 Å². The van der Waals surface area contributed by atoms with Gasteiger partial charge in [0, 0.05) is 11.6 Å². The lowest BCUT2D eigenvalue weighted by atomic mass is 10.1. The van der Waals surface area contributed by atoms with Crippen molar-refractivity contribution in [1.82, 2.24) is 10.2 Å². The lowest BCUT2D eigenvalue weighted by molar-refractivity contribution is -0.385. The van der Waals surface area contributed by atoms with Crippen LogP contribution in [0.4, 0.5) is 10.5 Å². The van der Waals surface area contributed by atoms with Gasteiger partial charge in [-0.3, -0.25) is 19.7 Å². The third kappa shape index (κ3) is 3.71. The van der Waals surface area contributed by atoms with Gasteiger partial charge >= 0.3 is 12.0 Å². The van der Waals surface area contributed by atoms with E-state index in [0.717, 1.165) is 25.3 Å². The lowest BCUT2D eigenvalue weighted by Gasteiger charge is -2.09. The van der Waals surface area contributed by atoms with Crippen LogP contribution in [-0.2, 0) is 14.3 Å². The number of carbonyl (C=O) groups is 3. The van der Waals surface area contributed by atoms with E-state index < -0.39 is 35.1 Å². The maximum atomic E-state index is 12.2. The number of amides is 3. The number of nitro groups is 1. The third-order valence-corrected chi connectivity index (χ3v) is 3.38. The Hall–Kier alpha value is -3.63. The number of aromatic hydroxyl groups is 1. The predicted molar refractivity (Wildman–Crippen MR) is 86.2 cm³/mol. The van der Waals surface area contributed by atoms with E-state index in [2.05, 4.69) is 10.1 Å². The van der Waals surface area contributed by atoms with Crippen molar-refractivity contribution in [3.05, 3.63) is 33.5 Å². The molecule has 11 heteroatoms. The van der Waals surface area contributed by atoms with Gasteiger partial charge in [-0.25, -0.2) is 9.69 Å². The van der Waals surface area contributed by atoms with Gasteiger partial charge in [-0.05, 0) is 13.0 Å². The maximum Gasteiger partial charge on any atom is 0.329 e. The van der Waals surface area contributed by atoms with Crippen LogP contribution >= 0.6 is 0 Å². The van der Waals surface area contributed by atoms with E-state index in [-0.39, 0.29) is 29.3 Å². The van der Waals surface area contributed by atoms with Crippen molar-refractivity contribution < 1.29 is 33.9 Å². The van der Waals surface area contributed by atoms with Crippen molar-refractivity contribution in [2.75, 3.05) is 20.3 Å². The molecule has 1 aliphatic heterocycles. The molecule has 0 unspecified atom stereocenters. The third-order valence-electron chi connectivity index (χ3n) is 3.38. The minimum absolute atomic E-state index is 0.105. The van der Waals surface area contributed by atoms with E-state index in [1.165, 1.54) is 0 Å². The Morgan fingerprint density at radius 2 is 2.12 bits per heavy atom. The minimum atomic E-state index is -0.860. The van der Waals surface area contributed by atoms with Crippen LogP contribution in [0.1, 0.15) is 12.5 Å². The summed E-state index contributed by atoms with van der Waals surface area (Å²) in [6.07, 6.45) is 1.06. The number of hydrogen-bond donors (Lipinski definition) is 2. The second-order valence-electron chi connectivity index (χ2n) is 5.03. The van der Waals surface area contributed by atoms with Crippen LogP contribution in [0.15, 0.2) is 17.8 Å². The second kappa shape index (κ2) is 7.51. The highest BCUT2D eigenvalue weighted by molar-refractivity contribution is 6.15. The van der Waals surface area contributed by atoms with Crippen molar-refractivity contribution in [3.63, 3.8) is 0 Å². The van der Waals surface area contributed by atoms with Crippen LogP contribution in [0.2, 0.25) is 0 Å². The molecule has 0 aromatic heterocycles. The van der Waals surface area contributed by atoms with E-state index in [4.69, 9.17) is 4.74 Å². The van der Waals surface area contributed by atoms with Gasteiger partial charge in [0.25, 0.3) is 11.6 Å². The zero-order valence-electron chi connectivity index (χ0n) is 13.8. The number of phenols is 1. The summed E-state index contributed by atoms with van der Waals surface area (Å²) >= 11 is 0. The van der Waals surface area contributed by atoms with E-state index in [1.807, 2.05) is 0 Å². The number of nitro benzene ring substituents is 1. The predicted octanol–water partition coefficient (Wildman–Crippen LogP) is 0.765. The number of hydrogen-bond acceptors (Lipinski definition) is 8. The van der Waals surface area contributed by atoms with Crippen LogP contribution in [-0.4, -0.2) is 53.1 Å². The van der Waals surface area contributed by atoms with Crippen LogP contribution in [0, 0.1) is 10.1 Å². The molecule has 11 nitrogen and oxygen atoms in total. The minimum Gasteiger partial charge on any atom is -0.504 e. The molecule has 0 spiro atoms. The summed E-state index contributed by atoms with van der Waals surface area (Å²) in [5, 5.41) is 23.4. The molecule has 1 aromatic rings. The number of methoxy groups -OCH3 is 1. The monoisotopic (exact) mass is 365 g/mol. The number of non-ortho nitro benzene ring substituents is 1. The SMILES string of the molecule is CCOc1cc([N+](=O)[O-])cc(/C=C2/NC(=O)N(CC(=O)OC)C2=O)c1O. The zero-order chi connectivity index (χ0) is 19.4. The first-order valence-electron chi connectivity index (χ1n) is 7.34. The van der Waals surface area contributed by atoms with Gasteiger partial charge in [0.15, 0.2) is 11.5 Å².